The molecule has 0 saturated carbocycles. The molecule has 0 spiro atoms. The van der Waals surface area contributed by atoms with Gasteiger partial charge in [0.1, 0.15) is 23.3 Å². The molecule has 18 heavy (non-hydrogen) atoms. The summed E-state index contributed by atoms with van der Waals surface area (Å²) in [5, 5.41) is 4.26. The maximum Gasteiger partial charge on any atom is 0.162 e. The highest BCUT2D eigenvalue weighted by molar-refractivity contribution is 5.33. The van der Waals surface area contributed by atoms with Crippen molar-refractivity contribution < 1.29 is 9.15 Å². The largest absolute Gasteiger partial charge is 0.493 e. The van der Waals surface area contributed by atoms with Crippen LogP contribution in [0.3, 0.4) is 0 Å². The maximum atomic E-state index is 5.65. The van der Waals surface area contributed by atoms with E-state index in [-0.39, 0.29) is 6.04 Å². The number of nitrogens with two attached hydrogens (primary N) is 1. The molecular weight excluding hydrogens is 232 g/mol. The van der Waals surface area contributed by atoms with Crippen molar-refractivity contribution in [2.45, 2.75) is 26.4 Å². The molecule has 0 aliphatic rings. The molecule has 0 radical (unpaired) electrons. The number of hydrazine groups is 1. The van der Waals surface area contributed by atoms with Crippen LogP contribution in [-0.2, 0) is 6.54 Å². The summed E-state index contributed by atoms with van der Waals surface area (Å²) < 4.78 is 12.8. The number of methoxy groups -OCH3 is 1. The summed E-state index contributed by atoms with van der Waals surface area (Å²) in [7, 11) is 1.61. The van der Waals surface area contributed by atoms with Gasteiger partial charge in [0.15, 0.2) is 5.75 Å². The van der Waals surface area contributed by atoms with Crippen LogP contribution in [0.2, 0.25) is 0 Å². The lowest BCUT2D eigenvalue weighted by Gasteiger charge is -2.16. The minimum atomic E-state index is -0.281. The molecule has 0 bridgehead atoms. The lowest BCUT2D eigenvalue weighted by Crippen LogP contribution is -2.30. The van der Waals surface area contributed by atoms with Gasteiger partial charge in [0.2, 0.25) is 0 Å². The molecule has 2 aromatic heterocycles. The van der Waals surface area contributed by atoms with Crippen molar-refractivity contribution in [1.82, 2.24) is 15.2 Å². The first-order chi connectivity index (χ1) is 8.71. The first-order valence-corrected chi connectivity index (χ1v) is 5.83. The van der Waals surface area contributed by atoms with Crippen LogP contribution < -0.4 is 16.0 Å². The smallest absolute Gasteiger partial charge is 0.162 e. The van der Waals surface area contributed by atoms with Crippen LogP contribution in [0.4, 0.5) is 0 Å². The monoisotopic (exact) mass is 250 g/mol. The maximum absolute atomic E-state index is 5.65. The van der Waals surface area contributed by atoms with Gasteiger partial charge in [-0.3, -0.25) is 10.5 Å². The zero-order chi connectivity index (χ0) is 13.1. The average molecular weight is 250 g/mol. The SMILES string of the molecule is CCn1ncc(OC)c1C(NN)c1ccc(C)o1. The second kappa shape index (κ2) is 5.24. The second-order valence-electron chi connectivity index (χ2n) is 3.96. The second-order valence-corrected chi connectivity index (χ2v) is 3.96. The van der Waals surface area contributed by atoms with E-state index in [1.165, 1.54) is 0 Å². The van der Waals surface area contributed by atoms with Crippen molar-refractivity contribution in [3.63, 3.8) is 0 Å². The van der Waals surface area contributed by atoms with E-state index in [2.05, 4.69) is 10.5 Å². The van der Waals surface area contributed by atoms with Crippen LogP contribution in [0.25, 0.3) is 0 Å². The molecule has 2 aromatic rings. The van der Waals surface area contributed by atoms with Gasteiger partial charge >= 0.3 is 0 Å². The van der Waals surface area contributed by atoms with Gasteiger partial charge in [-0.05, 0) is 26.0 Å². The van der Waals surface area contributed by atoms with E-state index < -0.39 is 0 Å². The third-order valence-electron chi connectivity index (χ3n) is 2.85. The fourth-order valence-corrected chi connectivity index (χ4v) is 1.98. The molecule has 2 rings (SSSR count). The first-order valence-electron chi connectivity index (χ1n) is 5.83. The molecule has 0 amide bonds. The van der Waals surface area contributed by atoms with Crippen LogP contribution in [0, 0.1) is 6.92 Å². The van der Waals surface area contributed by atoms with Crippen molar-refractivity contribution in [2.24, 2.45) is 5.84 Å². The molecule has 6 nitrogen and oxygen atoms in total. The molecule has 1 atom stereocenters. The predicted molar refractivity (Wildman–Crippen MR) is 67.1 cm³/mol. The number of hydrogen-bond acceptors (Lipinski definition) is 5. The first kappa shape index (κ1) is 12.7. The van der Waals surface area contributed by atoms with Gasteiger partial charge in [-0.15, -0.1) is 0 Å². The molecule has 6 heteroatoms. The van der Waals surface area contributed by atoms with Crippen molar-refractivity contribution in [3.8, 4) is 5.75 Å². The third-order valence-corrected chi connectivity index (χ3v) is 2.85. The Bertz CT molecular complexity index is 496. The third kappa shape index (κ3) is 2.12. The summed E-state index contributed by atoms with van der Waals surface area (Å²) in [6.45, 7) is 4.64. The topological polar surface area (TPSA) is 78.2 Å². The van der Waals surface area contributed by atoms with E-state index in [9.17, 15) is 0 Å². The summed E-state index contributed by atoms with van der Waals surface area (Å²) in [4.78, 5) is 0. The normalized spacial score (nSPS) is 12.7. The Morgan fingerprint density at radius 3 is 2.83 bits per heavy atom. The minimum absolute atomic E-state index is 0.281. The number of ether oxygens (including phenoxy) is 1. The van der Waals surface area contributed by atoms with Crippen molar-refractivity contribution >= 4 is 0 Å². The van der Waals surface area contributed by atoms with Gasteiger partial charge in [0.05, 0.1) is 13.3 Å². The number of aromatic nitrogens is 2. The molecular formula is C12H18N4O2. The zero-order valence-electron chi connectivity index (χ0n) is 10.8. The lowest BCUT2D eigenvalue weighted by atomic mass is 10.1. The van der Waals surface area contributed by atoms with E-state index in [0.717, 1.165) is 23.8 Å². The zero-order valence-corrected chi connectivity index (χ0v) is 10.8. The summed E-state index contributed by atoms with van der Waals surface area (Å²) in [6, 6.07) is 3.52. The number of furan rings is 1. The Labute approximate surface area is 106 Å². The van der Waals surface area contributed by atoms with Gasteiger partial charge in [-0.25, -0.2) is 5.43 Å². The van der Waals surface area contributed by atoms with Gasteiger partial charge in [-0.1, -0.05) is 0 Å². The quantitative estimate of drug-likeness (QED) is 0.619. The highest BCUT2D eigenvalue weighted by atomic mass is 16.5. The van der Waals surface area contributed by atoms with Crippen LogP contribution in [0.5, 0.6) is 5.75 Å². The average Bonchev–Trinajstić information content (AvgIpc) is 2.97. The molecule has 0 saturated heterocycles. The van der Waals surface area contributed by atoms with E-state index in [1.54, 1.807) is 13.3 Å². The van der Waals surface area contributed by atoms with Gasteiger partial charge < -0.3 is 9.15 Å². The summed E-state index contributed by atoms with van der Waals surface area (Å²) in [5.74, 6) is 7.91. The van der Waals surface area contributed by atoms with Gasteiger partial charge in [-0.2, -0.15) is 5.10 Å². The Morgan fingerprint density at radius 2 is 2.33 bits per heavy atom. The van der Waals surface area contributed by atoms with Crippen molar-refractivity contribution in [2.75, 3.05) is 7.11 Å². The predicted octanol–water partition coefficient (Wildman–Crippen LogP) is 1.37. The lowest BCUT2D eigenvalue weighted by molar-refractivity contribution is 0.380. The number of nitrogens with zero attached hydrogens (tertiary/aromatic N) is 2. The molecule has 0 aliphatic carbocycles. The Morgan fingerprint density at radius 1 is 1.56 bits per heavy atom. The van der Waals surface area contributed by atoms with Gasteiger partial charge in [0.25, 0.3) is 0 Å². The van der Waals surface area contributed by atoms with Crippen LogP contribution in [0.15, 0.2) is 22.7 Å². The van der Waals surface area contributed by atoms with E-state index >= 15 is 0 Å². The summed E-state index contributed by atoms with van der Waals surface area (Å²) >= 11 is 0. The molecule has 1 unspecified atom stereocenters. The Kier molecular flexibility index (Phi) is 3.69. The van der Waals surface area contributed by atoms with E-state index in [0.29, 0.717) is 5.75 Å². The fraction of sp³-hybridized carbons (Fsp3) is 0.417. The number of rotatable bonds is 5. The fourth-order valence-electron chi connectivity index (χ4n) is 1.98. The van der Waals surface area contributed by atoms with Gasteiger partial charge in [0, 0.05) is 6.54 Å². The van der Waals surface area contributed by atoms with E-state index in [1.807, 2.05) is 30.7 Å². The van der Waals surface area contributed by atoms with Crippen LogP contribution >= 0.6 is 0 Å². The van der Waals surface area contributed by atoms with Crippen molar-refractivity contribution in [1.29, 1.82) is 0 Å². The Balaban J connectivity index is 2.46. The number of hydrogen-bond donors (Lipinski definition) is 2. The molecule has 3 N–H and O–H groups in total. The molecule has 0 aromatic carbocycles. The molecule has 98 valence electrons. The number of nitrogens with one attached hydrogen (secondary N) is 1. The van der Waals surface area contributed by atoms with Crippen LogP contribution in [-0.4, -0.2) is 16.9 Å². The highest BCUT2D eigenvalue weighted by Crippen LogP contribution is 2.30. The van der Waals surface area contributed by atoms with E-state index in [4.69, 9.17) is 15.0 Å². The van der Waals surface area contributed by atoms with Crippen molar-refractivity contribution in [3.05, 3.63) is 35.5 Å². The number of aryl methyl sites for hydroxylation is 2. The Hall–Kier alpha value is -1.79. The standard InChI is InChI=1S/C12H18N4O2/c1-4-16-12(10(17-3)7-14-16)11(15-13)9-6-5-8(2)18-9/h5-7,11,15H,4,13H2,1-3H3. The van der Waals surface area contributed by atoms with Crippen LogP contribution in [0.1, 0.15) is 30.2 Å². The highest BCUT2D eigenvalue weighted by Gasteiger charge is 2.24. The molecule has 2 heterocycles. The molecule has 0 aliphatic heterocycles. The minimum Gasteiger partial charge on any atom is -0.493 e. The molecule has 0 fully saturated rings. The summed E-state index contributed by atoms with van der Waals surface area (Å²) in [5.41, 5.74) is 3.61. The summed E-state index contributed by atoms with van der Waals surface area (Å²) in [6.07, 6.45) is 1.68.